The van der Waals surface area contributed by atoms with Crippen molar-refractivity contribution in [2.24, 2.45) is 0 Å². The fraction of sp³-hybridized carbons (Fsp3) is 0.364. The van der Waals surface area contributed by atoms with E-state index in [2.05, 4.69) is 4.18 Å². The largest absolute Gasteiger partial charge is 0.523 e. The number of hydrogen-bond donors (Lipinski definition) is 1. The molecule has 0 fully saturated rings. The second kappa shape index (κ2) is 6.23. The summed E-state index contributed by atoms with van der Waals surface area (Å²) in [5, 5.41) is 8.72. The molecule has 1 rings (SSSR count). The summed E-state index contributed by atoms with van der Waals surface area (Å²) in [6.45, 7) is 0. The summed E-state index contributed by atoms with van der Waals surface area (Å²) in [5.41, 5.74) is -4.99. The maximum Gasteiger partial charge on any atom is 0.523 e. The Morgan fingerprint density at radius 2 is 1.80 bits per heavy atom. The maximum absolute atomic E-state index is 12.1. The van der Waals surface area contributed by atoms with E-state index in [0.29, 0.717) is 5.56 Å². The van der Waals surface area contributed by atoms with Crippen LogP contribution in [0.1, 0.15) is 12.0 Å². The Balaban J connectivity index is 2.74. The van der Waals surface area contributed by atoms with Crippen molar-refractivity contribution in [2.45, 2.75) is 24.5 Å². The highest BCUT2D eigenvalue weighted by molar-refractivity contribution is 7.87. The number of hydrogen-bond acceptors (Lipinski definition) is 4. The monoisotopic (exact) mass is 312 g/mol. The van der Waals surface area contributed by atoms with Crippen molar-refractivity contribution in [1.82, 2.24) is 0 Å². The molecule has 1 aromatic carbocycles. The molecule has 0 unspecified atom stereocenters. The van der Waals surface area contributed by atoms with Crippen molar-refractivity contribution in [1.29, 1.82) is 0 Å². The van der Waals surface area contributed by atoms with Gasteiger partial charge in [-0.3, -0.25) is 0 Å². The molecule has 112 valence electrons. The Morgan fingerprint density at radius 1 is 1.25 bits per heavy atom. The highest BCUT2D eigenvalue weighted by Gasteiger charge is 2.49. The van der Waals surface area contributed by atoms with Crippen LogP contribution in [0.25, 0.3) is 0 Å². The lowest BCUT2D eigenvalue weighted by molar-refractivity contribution is -0.146. The Hall–Kier alpha value is -1.61. The molecule has 0 saturated carbocycles. The summed E-state index contributed by atoms with van der Waals surface area (Å²) in [6.07, 6.45) is -2.40. The van der Waals surface area contributed by atoms with Gasteiger partial charge in [-0.1, -0.05) is 30.3 Å². The predicted molar refractivity (Wildman–Crippen MR) is 62.2 cm³/mol. The molecule has 9 heteroatoms. The second-order valence-corrected chi connectivity index (χ2v) is 5.41. The molecular formula is C11H11F3O5S. The zero-order valence-electron chi connectivity index (χ0n) is 10.0. The van der Waals surface area contributed by atoms with E-state index >= 15 is 0 Å². The Kier molecular flexibility index (Phi) is 5.12. The third-order valence-corrected chi connectivity index (χ3v) is 3.39. The van der Waals surface area contributed by atoms with Crippen LogP contribution in [0.4, 0.5) is 13.2 Å². The van der Waals surface area contributed by atoms with Crippen LogP contribution >= 0.6 is 0 Å². The summed E-state index contributed by atoms with van der Waals surface area (Å²) in [7, 11) is -5.93. The zero-order chi connectivity index (χ0) is 15.4. The molecule has 0 radical (unpaired) electrons. The van der Waals surface area contributed by atoms with Gasteiger partial charge >= 0.3 is 21.6 Å². The SMILES string of the molecule is O=C(O)[C@@H](CCc1ccccc1)OS(=O)(=O)C(F)(F)F. The van der Waals surface area contributed by atoms with Gasteiger partial charge in [-0.15, -0.1) is 0 Å². The predicted octanol–water partition coefficient (Wildman–Crippen LogP) is 1.94. The standard InChI is InChI=1S/C11H11F3O5S/c12-11(13,14)20(17,18)19-9(10(15)16)7-6-8-4-2-1-3-5-8/h1-5,9H,6-7H2,(H,15,16)/t9-/m1/s1. The van der Waals surface area contributed by atoms with Crippen molar-refractivity contribution in [2.75, 3.05) is 0 Å². The van der Waals surface area contributed by atoms with E-state index in [9.17, 15) is 26.4 Å². The lowest BCUT2D eigenvalue weighted by Gasteiger charge is -2.14. The number of halogens is 3. The van der Waals surface area contributed by atoms with Crippen LogP contribution in [-0.2, 0) is 25.5 Å². The van der Waals surface area contributed by atoms with Crippen LogP contribution < -0.4 is 0 Å². The molecule has 0 aliphatic heterocycles. The van der Waals surface area contributed by atoms with E-state index in [1.807, 2.05) is 0 Å². The van der Waals surface area contributed by atoms with Gasteiger partial charge < -0.3 is 5.11 Å². The number of benzene rings is 1. The summed E-state index contributed by atoms with van der Waals surface area (Å²) >= 11 is 0. The van der Waals surface area contributed by atoms with E-state index in [1.54, 1.807) is 30.3 Å². The molecule has 1 aromatic rings. The van der Waals surface area contributed by atoms with E-state index < -0.39 is 34.1 Å². The fourth-order valence-corrected chi connectivity index (χ4v) is 1.96. The van der Waals surface area contributed by atoms with E-state index in [0.717, 1.165) is 0 Å². The van der Waals surface area contributed by atoms with E-state index in [-0.39, 0.29) is 6.42 Å². The Bertz CT molecular complexity index is 553. The van der Waals surface area contributed by atoms with Crippen molar-refractivity contribution in [3.63, 3.8) is 0 Å². The fourth-order valence-electron chi connectivity index (χ4n) is 1.36. The summed E-state index contributed by atoms with van der Waals surface area (Å²) in [4.78, 5) is 10.8. The molecule has 0 amide bonds. The average Bonchev–Trinajstić information content (AvgIpc) is 2.34. The van der Waals surface area contributed by atoms with Crippen molar-refractivity contribution in [3.05, 3.63) is 35.9 Å². The average molecular weight is 312 g/mol. The van der Waals surface area contributed by atoms with Crippen molar-refractivity contribution < 1.29 is 35.7 Å². The number of carboxylic acids is 1. The molecule has 1 atom stereocenters. The molecule has 5 nitrogen and oxygen atoms in total. The van der Waals surface area contributed by atoms with Crippen LogP contribution in [0, 0.1) is 0 Å². The van der Waals surface area contributed by atoms with Gasteiger partial charge in [0.05, 0.1) is 0 Å². The highest BCUT2D eigenvalue weighted by atomic mass is 32.2. The third kappa shape index (κ3) is 4.49. The molecule has 1 N–H and O–H groups in total. The minimum atomic E-state index is -5.93. The normalized spacial score (nSPS) is 13.9. The summed E-state index contributed by atoms with van der Waals surface area (Å²) in [6, 6.07) is 8.31. The smallest absolute Gasteiger partial charge is 0.479 e. The van der Waals surface area contributed by atoms with Crippen LogP contribution in [0.15, 0.2) is 30.3 Å². The minimum absolute atomic E-state index is 0.0746. The number of aliphatic carboxylic acids is 1. The molecule has 0 spiro atoms. The van der Waals surface area contributed by atoms with Gasteiger partial charge in [-0.05, 0) is 18.4 Å². The highest BCUT2D eigenvalue weighted by Crippen LogP contribution is 2.26. The van der Waals surface area contributed by atoms with Gasteiger partial charge in [-0.25, -0.2) is 8.98 Å². The van der Waals surface area contributed by atoms with Gasteiger partial charge in [0.2, 0.25) is 0 Å². The van der Waals surface area contributed by atoms with Crippen LogP contribution in [-0.4, -0.2) is 31.1 Å². The molecule has 0 aliphatic carbocycles. The maximum atomic E-state index is 12.1. The molecule has 0 bridgehead atoms. The first kappa shape index (κ1) is 16.4. The number of carbonyl (C=O) groups is 1. The van der Waals surface area contributed by atoms with Crippen LogP contribution in [0.2, 0.25) is 0 Å². The number of rotatable bonds is 6. The lowest BCUT2D eigenvalue weighted by atomic mass is 10.1. The lowest BCUT2D eigenvalue weighted by Crippen LogP contribution is -2.34. The summed E-state index contributed by atoms with van der Waals surface area (Å²) in [5.74, 6) is -1.77. The molecule has 0 saturated heterocycles. The number of alkyl halides is 3. The first-order valence-corrected chi connectivity index (χ1v) is 6.80. The first-order valence-electron chi connectivity index (χ1n) is 5.40. The topological polar surface area (TPSA) is 80.7 Å². The molecule has 0 heterocycles. The quantitative estimate of drug-likeness (QED) is 0.641. The molecule has 20 heavy (non-hydrogen) atoms. The van der Waals surface area contributed by atoms with Gasteiger partial charge in [0.25, 0.3) is 0 Å². The third-order valence-electron chi connectivity index (χ3n) is 2.34. The van der Waals surface area contributed by atoms with Gasteiger partial charge in [0.1, 0.15) is 0 Å². The Morgan fingerprint density at radius 3 is 2.25 bits per heavy atom. The van der Waals surface area contributed by atoms with Crippen molar-refractivity contribution in [3.8, 4) is 0 Å². The van der Waals surface area contributed by atoms with Crippen LogP contribution in [0.5, 0.6) is 0 Å². The molecule has 0 aliphatic rings. The van der Waals surface area contributed by atoms with E-state index in [4.69, 9.17) is 5.11 Å². The number of aryl methyl sites for hydroxylation is 1. The summed E-state index contributed by atoms with van der Waals surface area (Å²) < 4.78 is 61.6. The van der Waals surface area contributed by atoms with Gasteiger partial charge in [0, 0.05) is 0 Å². The molecule has 0 aromatic heterocycles. The minimum Gasteiger partial charge on any atom is -0.479 e. The molecular weight excluding hydrogens is 301 g/mol. The second-order valence-electron chi connectivity index (χ2n) is 3.85. The van der Waals surface area contributed by atoms with E-state index in [1.165, 1.54) is 0 Å². The van der Waals surface area contributed by atoms with Crippen molar-refractivity contribution >= 4 is 16.1 Å². The number of carboxylic acid groups (broad SMARTS) is 1. The zero-order valence-corrected chi connectivity index (χ0v) is 10.8. The Labute approximate surface area is 113 Å². The van der Waals surface area contributed by atoms with Crippen LogP contribution in [0.3, 0.4) is 0 Å². The van der Waals surface area contributed by atoms with Gasteiger partial charge in [-0.2, -0.15) is 21.6 Å². The van der Waals surface area contributed by atoms with Gasteiger partial charge in [0.15, 0.2) is 6.10 Å². The first-order chi connectivity index (χ1) is 9.13.